The summed E-state index contributed by atoms with van der Waals surface area (Å²) in [6.45, 7) is 23.7. The Kier molecular flexibility index (Phi) is 34.5. The molecule has 21 heteroatoms. The summed E-state index contributed by atoms with van der Waals surface area (Å²) in [6.07, 6.45) is 8.05. The van der Waals surface area contributed by atoms with E-state index in [0.717, 1.165) is 65.9 Å². The molecule has 0 radical (unpaired) electrons. The second-order valence-corrected chi connectivity index (χ2v) is 25.3. The van der Waals surface area contributed by atoms with Gasteiger partial charge in [0.1, 0.15) is 11.4 Å². The van der Waals surface area contributed by atoms with E-state index in [1.165, 1.54) is 17.3 Å². The highest BCUT2D eigenvalue weighted by atomic mass is 35.5. The zero-order chi connectivity index (χ0) is 57.9. The number of hydrogen-bond donors (Lipinski definition) is 6. The molecule has 0 aliphatic carbocycles. The number of amides is 3. The Hall–Kier alpha value is -4.09. The summed E-state index contributed by atoms with van der Waals surface area (Å²) >= 11 is 8.70. The highest BCUT2D eigenvalue weighted by Crippen LogP contribution is 2.28. The Morgan fingerprint density at radius 3 is 2.22 bits per heavy atom. The molecular weight excluding hydrogens is 1080 g/mol. The van der Waals surface area contributed by atoms with Gasteiger partial charge in [-0.05, 0) is 98.5 Å². The van der Waals surface area contributed by atoms with Crippen molar-refractivity contribution < 1.29 is 37.5 Å². The van der Waals surface area contributed by atoms with Gasteiger partial charge in [-0.2, -0.15) is 0 Å². The first-order chi connectivity index (χ1) is 37.9. The summed E-state index contributed by atoms with van der Waals surface area (Å²) < 4.78 is 42.4. The number of aromatic nitrogens is 3. The van der Waals surface area contributed by atoms with Crippen molar-refractivity contribution in [3.63, 3.8) is 0 Å². The number of halogens is 1. The number of benzene rings is 3. The van der Waals surface area contributed by atoms with Crippen LogP contribution in [0, 0.1) is 5.41 Å². The Morgan fingerprint density at radius 1 is 0.785 bits per heavy atom. The monoisotopic (exact) mass is 1170 g/mol. The largest absolute Gasteiger partial charge is 0.496 e. The SMILES string of the molecule is CC.COc1cc(CCCCl)ccc1CCOCCNC(=O)c1ccc(CNC(=O)SC(C)(C)COCC(C)(C)Cn2cc(COCCNCCCNC(=O)CC(CNSC(C)C)c3ccc(CCNS(C)=O)cc3)nn2)cc1. The van der Waals surface area contributed by atoms with E-state index < -0.39 is 15.7 Å². The third kappa shape index (κ3) is 30.5. The van der Waals surface area contributed by atoms with E-state index in [2.05, 4.69) is 111 Å². The van der Waals surface area contributed by atoms with Gasteiger partial charge in [0.15, 0.2) is 0 Å². The van der Waals surface area contributed by atoms with Crippen LogP contribution in [0.15, 0.2) is 72.9 Å². The normalized spacial score (nSPS) is 12.4. The highest BCUT2D eigenvalue weighted by Gasteiger charge is 2.27. The number of carbonyl (C=O) groups is 3. The number of carbonyl (C=O) groups excluding carboxylic acids is 3. The van der Waals surface area contributed by atoms with E-state index in [1.807, 2.05) is 50.7 Å². The lowest BCUT2D eigenvalue weighted by Crippen LogP contribution is -2.32. The van der Waals surface area contributed by atoms with Gasteiger partial charge in [0.05, 0.1) is 63.9 Å². The second kappa shape index (κ2) is 39.4. The Morgan fingerprint density at radius 2 is 1.51 bits per heavy atom. The van der Waals surface area contributed by atoms with Gasteiger partial charge in [0, 0.05) is 91.3 Å². The van der Waals surface area contributed by atoms with Gasteiger partial charge in [-0.3, -0.25) is 23.8 Å². The van der Waals surface area contributed by atoms with Crippen LogP contribution in [0.3, 0.4) is 0 Å². The van der Waals surface area contributed by atoms with Crippen LogP contribution in [0.1, 0.15) is 124 Å². The number of hydrogen-bond acceptors (Lipinski definition) is 14. The predicted octanol–water partition coefficient (Wildman–Crippen LogP) is 8.80. The van der Waals surface area contributed by atoms with Crippen LogP contribution >= 0.6 is 35.3 Å². The number of nitrogens with zero attached hydrogens (tertiary/aromatic N) is 3. The first kappa shape index (κ1) is 69.2. The Bertz CT molecular complexity index is 2360. The summed E-state index contributed by atoms with van der Waals surface area (Å²) in [7, 11) is 0.645. The van der Waals surface area contributed by atoms with Gasteiger partial charge >= 0.3 is 0 Å². The number of ether oxygens (including phenoxy) is 4. The number of nitrogens with one attached hydrogen (secondary N) is 6. The lowest BCUT2D eigenvalue weighted by molar-refractivity contribution is -0.121. The molecule has 4 aromatic rings. The number of aryl methyl sites for hydroxylation is 1. The molecule has 0 aliphatic heterocycles. The lowest BCUT2D eigenvalue weighted by atomic mass is 9.94. The van der Waals surface area contributed by atoms with Gasteiger partial charge in [-0.25, -0.2) is 8.93 Å². The molecule has 1 aromatic heterocycles. The standard InChI is InChI=1S/C56H86ClN9O8S3.C2H6/c1-42(2)76-62-36-49(46-17-12-43(13-18-46)22-27-63-77(8)70)34-52(67)59-26-10-25-58-28-31-73-38-50-37-66(65-64-50)39-55(3,4)40-74-41-56(5,6)75-54(69)61-35-45-15-20-48(21-16-45)53(68)60-29-32-72-30-23-47-19-14-44(11-9-24-57)33-51(47)71-7;1-2/h12-21,33,37,42,49,58,62-63H,9-11,22-32,34-36,38-41H2,1-8H3,(H,59,67)(H,60,68)(H,61,69);1-2H3. The predicted molar refractivity (Wildman–Crippen MR) is 326 cm³/mol. The summed E-state index contributed by atoms with van der Waals surface area (Å²) in [5, 5.41) is 21.2. The van der Waals surface area contributed by atoms with Crippen LogP contribution in [-0.4, -0.2) is 138 Å². The minimum Gasteiger partial charge on any atom is -0.496 e. The van der Waals surface area contributed by atoms with Crippen LogP contribution in [0.2, 0.25) is 0 Å². The molecule has 0 fully saturated rings. The van der Waals surface area contributed by atoms with Crippen LogP contribution < -0.4 is 35.4 Å². The van der Waals surface area contributed by atoms with Crippen molar-refractivity contribution >= 4 is 63.3 Å². The molecule has 2 unspecified atom stereocenters. The van der Waals surface area contributed by atoms with E-state index in [-0.39, 0.29) is 28.4 Å². The average molecular weight is 1180 g/mol. The van der Waals surface area contributed by atoms with Crippen molar-refractivity contribution in [2.75, 3.05) is 91.5 Å². The van der Waals surface area contributed by atoms with Crippen LogP contribution in [0.5, 0.6) is 5.75 Å². The molecule has 0 saturated carbocycles. The molecule has 3 aromatic carbocycles. The number of rotatable bonds is 40. The molecule has 4 rings (SSSR count). The van der Waals surface area contributed by atoms with Gasteiger partial charge in [0.25, 0.3) is 11.1 Å². The molecule has 1 heterocycles. The number of thioether (sulfide) groups is 1. The van der Waals surface area contributed by atoms with Crippen molar-refractivity contribution in [2.24, 2.45) is 5.41 Å². The molecule has 0 saturated heterocycles. The van der Waals surface area contributed by atoms with E-state index in [4.69, 9.17) is 30.5 Å². The van der Waals surface area contributed by atoms with Gasteiger partial charge < -0.3 is 40.2 Å². The molecule has 6 N–H and O–H groups in total. The maximum absolute atomic E-state index is 13.0. The smallest absolute Gasteiger partial charge is 0.279 e. The van der Waals surface area contributed by atoms with E-state index in [9.17, 15) is 18.6 Å². The first-order valence-corrected chi connectivity index (χ1v) is 31.4. The summed E-state index contributed by atoms with van der Waals surface area (Å²) in [5.74, 6) is 1.37. The molecule has 79 heavy (non-hydrogen) atoms. The average Bonchev–Trinajstić information content (AvgIpc) is 3.86. The Balaban J connectivity index is 0.00000810. The van der Waals surface area contributed by atoms with Crippen LogP contribution in [0.4, 0.5) is 4.79 Å². The second-order valence-electron chi connectivity index (χ2n) is 20.6. The van der Waals surface area contributed by atoms with Gasteiger partial charge in [-0.1, -0.05) is 119 Å². The Labute approximate surface area is 488 Å². The molecular formula is C58H92ClN9O8S3. The molecule has 17 nitrogen and oxygen atoms in total. The topological polar surface area (TPSA) is 208 Å². The van der Waals surface area contributed by atoms with E-state index >= 15 is 0 Å². The quantitative estimate of drug-likeness (QED) is 0.0140. The maximum atomic E-state index is 13.0. The fourth-order valence-electron chi connectivity index (χ4n) is 7.95. The fraction of sp³-hybridized carbons (Fsp3) is 0.603. The zero-order valence-electron chi connectivity index (χ0n) is 48.6. The zero-order valence-corrected chi connectivity index (χ0v) is 51.8. The van der Waals surface area contributed by atoms with Crippen molar-refractivity contribution in [3.8, 4) is 5.75 Å². The minimum atomic E-state index is -1.03. The van der Waals surface area contributed by atoms with E-state index in [0.29, 0.717) is 115 Å². The maximum Gasteiger partial charge on any atom is 0.279 e. The molecule has 0 spiro atoms. The summed E-state index contributed by atoms with van der Waals surface area (Å²) in [4.78, 5) is 38.6. The number of methoxy groups -OCH3 is 1. The summed E-state index contributed by atoms with van der Waals surface area (Å²) in [5.41, 5.74) is 6.46. The molecule has 0 aliphatic rings. The highest BCUT2D eigenvalue weighted by molar-refractivity contribution is 8.14. The third-order valence-electron chi connectivity index (χ3n) is 11.9. The lowest BCUT2D eigenvalue weighted by Gasteiger charge is -2.28. The molecule has 3 amide bonds. The molecule has 0 bridgehead atoms. The van der Waals surface area contributed by atoms with Crippen molar-refractivity contribution in [1.29, 1.82) is 0 Å². The molecule has 2 atom stereocenters. The van der Waals surface area contributed by atoms with Crippen molar-refractivity contribution in [1.82, 2.24) is 45.7 Å². The summed E-state index contributed by atoms with van der Waals surface area (Å²) in [6, 6.07) is 21.8. The van der Waals surface area contributed by atoms with Crippen LogP contribution in [-0.2, 0) is 68.9 Å². The molecule has 442 valence electrons. The first-order valence-electron chi connectivity index (χ1n) is 27.6. The fourth-order valence-corrected chi connectivity index (χ4v) is 9.89. The van der Waals surface area contributed by atoms with E-state index in [1.54, 1.807) is 37.4 Å². The minimum absolute atomic E-state index is 0.0317. The third-order valence-corrected chi connectivity index (χ3v) is 14.6. The van der Waals surface area contributed by atoms with Crippen molar-refractivity contribution in [3.05, 3.63) is 112 Å². The van der Waals surface area contributed by atoms with Gasteiger partial charge in [-0.15, -0.1) is 16.7 Å². The van der Waals surface area contributed by atoms with Crippen LogP contribution in [0.25, 0.3) is 0 Å². The number of alkyl halides is 1. The van der Waals surface area contributed by atoms with Crippen molar-refractivity contribution in [2.45, 2.75) is 130 Å². The van der Waals surface area contributed by atoms with Gasteiger partial charge in [0.2, 0.25) is 5.91 Å².